The van der Waals surface area contributed by atoms with Crippen LogP contribution in [0.4, 0.5) is 0 Å². The Morgan fingerprint density at radius 3 is 2.32 bits per heavy atom. The van der Waals surface area contributed by atoms with Gasteiger partial charge in [0, 0.05) is 27.9 Å². The lowest BCUT2D eigenvalue weighted by molar-refractivity contribution is -0.121. The maximum absolute atomic E-state index is 13.1. The molecule has 4 nitrogen and oxygen atoms in total. The molecule has 2 aromatic carbocycles. The number of carbonyl (C=O) groups is 2. The number of thioether (sulfide) groups is 1. The number of Topliss-reactive ketones (excluding diaryl/α,β-unsaturated/α-hetero) is 1. The molecule has 3 rings (SSSR count). The summed E-state index contributed by atoms with van der Waals surface area (Å²) in [4.78, 5) is 27.0. The molecule has 0 heterocycles. The van der Waals surface area contributed by atoms with Gasteiger partial charge in [-0.15, -0.1) is 11.8 Å². The van der Waals surface area contributed by atoms with Crippen LogP contribution in [-0.4, -0.2) is 29.6 Å². The summed E-state index contributed by atoms with van der Waals surface area (Å²) < 4.78 is 5.45. The topological polar surface area (TPSA) is 55.4 Å². The fourth-order valence-electron chi connectivity index (χ4n) is 3.75. The molecule has 0 aliphatic heterocycles. The molecule has 166 valence electrons. The lowest BCUT2D eigenvalue weighted by Gasteiger charge is -2.28. The monoisotopic (exact) mass is 459 g/mol. The molecule has 1 saturated carbocycles. The molecule has 1 aliphatic rings. The Balaban J connectivity index is 1.70. The van der Waals surface area contributed by atoms with Gasteiger partial charge < -0.3 is 10.1 Å². The van der Waals surface area contributed by atoms with Gasteiger partial charge in [0.25, 0.3) is 0 Å². The van der Waals surface area contributed by atoms with Crippen LogP contribution < -0.4 is 10.1 Å². The molecule has 2 aromatic rings. The molecule has 0 bridgehead atoms. The van der Waals surface area contributed by atoms with Gasteiger partial charge in [-0.1, -0.05) is 18.5 Å². The average Bonchev–Trinajstić information content (AvgIpc) is 2.77. The van der Waals surface area contributed by atoms with Crippen molar-refractivity contribution in [2.45, 2.75) is 62.1 Å². The number of benzene rings is 2. The summed E-state index contributed by atoms with van der Waals surface area (Å²) in [7, 11) is 0. The minimum absolute atomic E-state index is 0.0538. The zero-order chi connectivity index (χ0) is 22.2. The standard InChI is InChI=1S/C25H30ClNO3S/c1-3-30-21-12-6-18(7-13-21)23(28)16-24(31-22-14-8-19(26)9-15-22)25(29)27-20-10-4-17(2)5-11-20/h6-9,12-15,17,20,24H,3-5,10-11,16H2,1-2H3,(H,27,29). The molecule has 31 heavy (non-hydrogen) atoms. The summed E-state index contributed by atoms with van der Waals surface area (Å²) in [5.74, 6) is 1.32. The Bertz CT molecular complexity index is 861. The maximum Gasteiger partial charge on any atom is 0.234 e. The van der Waals surface area contributed by atoms with Crippen LogP contribution >= 0.6 is 23.4 Å². The average molecular weight is 460 g/mol. The molecule has 1 N–H and O–H groups in total. The lowest BCUT2D eigenvalue weighted by atomic mass is 9.87. The maximum atomic E-state index is 13.1. The zero-order valence-electron chi connectivity index (χ0n) is 18.1. The second-order valence-electron chi connectivity index (χ2n) is 8.11. The van der Waals surface area contributed by atoms with E-state index in [1.54, 1.807) is 36.4 Å². The fourth-order valence-corrected chi connectivity index (χ4v) is 4.91. The van der Waals surface area contributed by atoms with E-state index in [4.69, 9.17) is 16.3 Å². The van der Waals surface area contributed by atoms with E-state index in [1.807, 2.05) is 19.1 Å². The number of ketones is 1. The second kappa shape index (κ2) is 11.6. The number of rotatable bonds is 9. The quantitative estimate of drug-likeness (QED) is 0.360. The normalized spacial score (nSPS) is 19.5. The Kier molecular flexibility index (Phi) is 8.85. The van der Waals surface area contributed by atoms with E-state index < -0.39 is 5.25 Å². The van der Waals surface area contributed by atoms with Crippen molar-refractivity contribution in [3.8, 4) is 5.75 Å². The second-order valence-corrected chi connectivity index (χ2v) is 9.82. The van der Waals surface area contributed by atoms with Crippen molar-refractivity contribution in [3.63, 3.8) is 0 Å². The molecule has 0 aromatic heterocycles. The molecule has 1 atom stereocenters. The number of hydrogen-bond donors (Lipinski definition) is 1. The summed E-state index contributed by atoms with van der Waals surface area (Å²) in [5.41, 5.74) is 0.587. The van der Waals surface area contributed by atoms with Gasteiger partial charge >= 0.3 is 0 Å². The Morgan fingerprint density at radius 2 is 1.71 bits per heavy atom. The first-order valence-corrected chi connectivity index (χ1v) is 12.2. The Labute approximate surface area is 194 Å². The van der Waals surface area contributed by atoms with E-state index in [1.165, 1.54) is 11.8 Å². The number of nitrogens with one attached hydrogen (secondary N) is 1. The van der Waals surface area contributed by atoms with Crippen molar-refractivity contribution in [2.75, 3.05) is 6.61 Å². The molecular formula is C25H30ClNO3S. The SMILES string of the molecule is CCOc1ccc(C(=O)CC(Sc2ccc(Cl)cc2)C(=O)NC2CCC(C)CC2)cc1. The minimum Gasteiger partial charge on any atom is -0.494 e. The van der Waals surface area contributed by atoms with Crippen LogP contribution in [-0.2, 0) is 4.79 Å². The third-order valence-electron chi connectivity index (χ3n) is 5.60. The molecule has 0 spiro atoms. The first kappa shape index (κ1) is 23.7. The van der Waals surface area contributed by atoms with Crippen molar-refractivity contribution >= 4 is 35.1 Å². The molecule has 1 unspecified atom stereocenters. The highest BCUT2D eigenvalue weighted by atomic mass is 35.5. The number of amides is 1. The molecule has 1 fully saturated rings. The minimum atomic E-state index is -0.500. The number of hydrogen-bond acceptors (Lipinski definition) is 4. The third-order valence-corrected chi connectivity index (χ3v) is 7.07. The van der Waals surface area contributed by atoms with E-state index >= 15 is 0 Å². The molecular weight excluding hydrogens is 430 g/mol. The van der Waals surface area contributed by atoms with Gasteiger partial charge in [-0.2, -0.15) is 0 Å². The van der Waals surface area contributed by atoms with Gasteiger partial charge in [0.1, 0.15) is 5.75 Å². The largest absolute Gasteiger partial charge is 0.494 e. The van der Waals surface area contributed by atoms with Crippen LogP contribution in [0, 0.1) is 5.92 Å². The highest BCUT2D eigenvalue weighted by Gasteiger charge is 2.27. The van der Waals surface area contributed by atoms with Gasteiger partial charge in [0.2, 0.25) is 5.91 Å². The molecule has 1 aliphatic carbocycles. The van der Waals surface area contributed by atoms with Crippen LogP contribution in [0.1, 0.15) is 56.3 Å². The highest BCUT2D eigenvalue weighted by Crippen LogP contribution is 2.29. The van der Waals surface area contributed by atoms with Crippen molar-refractivity contribution < 1.29 is 14.3 Å². The third kappa shape index (κ3) is 7.29. The summed E-state index contributed by atoms with van der Waals surface area (Å²) >= 11 is 7.41. The lowest BCUT2D eigenvalue weighted by Crippen LogP contribution is -2.42. The summed E-state index contributed by atoms with van der Waals surface area (Å²) in [5, 5.41) is 3.34. The van der Waals surface area contributed by atoms with Crippen LogP contribution in [0.25, 0.3) is 0 Å². The Hall–Kier alpha value is -1.98. The van der Waals surface area contributed by atoms with Gasteiger partial charge in [-0.05, 0) is 87.1 Å². The number of ether oxygens (including phenoxy) is 1. The van der Waals surface area contributed by atoms with E-state index in [0.717, 1.165) is 36.3 Å². The summed E-state index contributed by atoms with van der Waals surface area (Å²) in [6.07, 6.45) is 4.39. The Morgan fingerprint density at radius 1 is 1.06 bits per heavy atom. The fraction of sp³-hybridized carbons (Fsp3) is 0.440. The van der Waals surface area contributed by atoms with Crippen molar-refractivity contribution in [1.82, 2.24) is 5.32 Å². The number of carbonyl (C=O) groups excluding carboxylic acids is 2. The van der Waals surface area contributed by atoms with Crippen molar-refractivity contribution in [1.29, 1.82) is 0 Å². The van der Waals surface area contributed by atoms with E-state index in [9.17, 15) is 9.59 Å². The van der Waals surface area contributed by atoms with Crippen molar-refractivity contribution in [2.24, 2.45) is 5.92 Å². The molecule has 6 heteroatoms. The van der Waals surface area contributed by atoms with E-state index in [2.05, 4.69) is 12.2 Å². The number of halogens is 1. The molecule has 0 radical (unpaired) electrons. The van der Waals surface area contributed by atoms with Crippen molar-refractivity contribution in [3.05, 3.63) is 59.1 Å². The van der Waals surface area contributed by atoms with Gasteiger partial charge in [-0.3, -0.25) is 9.59 Å². The highest BCUT2D eigenvalue weighted by molar-refractivity contribution is 8.00. The first-order chi connectivity index (χ1) is 14.9. The summed E-state index contributed by atoms with van der Waals surface area (Å²) in [6, 6.07) is 14.7. The van der Waals surface area contributed by atoms with Gasteiger partial charge in [0.15, 0.2) is 5.78 Å². The van der Waals surface area contributed by atoms with Gasteiger partial charge in [0.05, 0.1) is 11.9 Å². The smallest absolute Gasteiger partial charge is 0.234 e. The van der Waals surface area contributed by atoms with E-state index in [0.29, 0.717) is 23.1 Å². The first-order valence-electron chi connectivity index (χ1n) is 10.9. The van der Waals surface area contributed by atoms with Crippen LogP contribution in [0.3, 0.4) is 0 Å². The van der Waals surface area contributed by atoms with Gasteiger partial charge in [-0.25, -0.2) is 0 Å². The van der Waals surface area contributed by atoms with Crippen LogP contribution in [0.5, 0.6) is 5.75 Å². The molecule has 0 saturated heterocycles. The summed E-state index contributed by atoms with van der Waals surface area (Å²) in [6.45, 7) is 4.75. The van der Waals surface area contributed by atoms with Crippen LogP contribution in [0.2, 0.25) is 5.02 Å². The molecule has 1 amide bonds. The predicted molar refractivity (Wildman–Crippen MR) is 127 cm³/mol. The zero-order valence-corrected chi connectivity index (χ0v) is 19.7. The van der Waals surface area contributed by atoms with Crippen LogP contribution in [0.15, 0.2) is 53.4 Å². The van der Waals surface area contributed by atoms with E-state index in [-0.39, 0.29) is 24.2 Å². The predicted octanol–water partition coefficient (Wildman–Crippen LogP) is 6.17.